The van der Waals surface area contributed by atoms with Crippen LogP contribution in [-0.2, 0) is 4.74 Å². The van der Waals surface area contributed by atoms with Crippen molar-refractivity contribution in [1.29, 1.82) is 0 Å². The number of aryl methyl sites for hydroxylation is 1. The van der Waals surface area contributed by atoms with E-state index in [4.69, 9.17) is 16.3 Å². The van der Waals surface area contributed by atoms with Crippen LogP contribution in [0.3, 0.4) is 0 Å². The zero-order valence-electron chi connectivity index (χ0n) is 14.5. The molecule has 0 aromatic heterocycles. The molecule has 0 radical (unpaired) electrons. The van der Waals surface area contributed by atoms with E-state index < -0.39 is 0 Å². The van der Waals surface area contributed by atoms with Crippen molar-refractivity contribution in [2.75, 3.05) is 39.4 Å². The number of halogens is 1. The predicted octanol–water partition coefficient (Wildman–Crippen LogP) is 3.37. The number of ether oxygens (including phenoxy) is 1. The molecule has 2 aliphatic heterocycles. The SMILES string of the molecule is Cc1cc(C(=O)N2CCCCC2CCN2CCOCC2)ccc1Cl. The Balaban J connectivity index is 1.64. The van der Waals surface area contributed by atoms with Gasteiger partial charge in [0.05, 0.1) is 13.2 Å². The van der Waals surface area contributed by atoms with Crippen LogP contribution in [0, 0.1) is 6.92 Å². The lowest BCUT2D eigenvalue weighted by Gasteiger charge is -2.37. The van der Waals surface area contributed by atoms with Gasteiger partial charge in [-0.3, -0.25) is 9.69 Å². The van der Waals surface area contributed by atoms with Crippen molar-refractivity contribution >= 4 is 17.5 Å². The number of piperidine rings is 1. The van der Waals surface area contributed by atoms with E-state index in [2.05, 4.69) is 9.80 Å². The number of morpholine rings is 1. The largest absolute Gasteiger partial charge is 0.379 e. The van der Waals surface area contributed by atoms with Crippen LogP contribution in [0.2, 0.25) is 5.02 Å². The zero-order valence-corrected chi connectivity index (χ0v) is 15.2. The van der Waals surface area contributed by atoms with Crippen molar-refractivity contribution in [1.82, 2.24) is 9.80 Å². The quantitative estimate of drug-likeness (QED) is 0.834. The minimum Gasteiger partial charge on any atom is -0.379 e. The Morgan fingerprint density at radius 3 is 2.79 bits per heavy atom. The highest BCUT2D eigenvalue weighted by Gasteiger charge is 2.28. The molecule has 2 saturated heterocycles. The van der Waals surface area contributed by atoms with Gasteiger partial charge < -0.3 is 9.64 Å². The van der Waals surface area contributed by atoms with E-state index in [0.717, 1.165) is 69.8 Å². The first-order valence-electron chi connectivity index (χ1n) is 9.02. The Labute approximate surface area is 149 Å². The van der Waals surface area contributed by atoms with Gasteiger partial charge in [-0.15, -0.1) is 0 Å². The van der Waals surface area contributed by atoms with Gasteiger partial charge in [0.1, 0.15) is 0 Å². The van der Waals surface area contributed by atoms with E-state index in [-0.39, 0.29) is 5.91 Å². The molecule has 24 heavy (non-hydrogen) atoms. The summed E-state index contributed by atoms with van der Waals surface area (Å²) in [5, 5.41) is 0.717. The van der Waals surface area contributed by atoms with Crippen LogP contribution >= 0.6 is 11.6 Å². The molecule has 0 N–H and O–H groups in total. The highest BCUT2D eigenvalue weighted by atomic mass is 35.5. The summed E-state index contributed by atoms with van der Waals surface area (Å²) in [4.78, 5) is 17.5. The zero-order chi connectivity index (χ0) is 16.9. The first kappa shape index (κ1) is 17.7. The van der Waals surface area contributed by atoms with E-state index in [0.29, 0.717) is 11.1 Å². The lowest BCUT2D eigenvalue weighted by atomic mass is 9.97. The average Bonchev–Trinajstić information content (AvgIpc) is 2.63. The van der Waals surface area contributed by atoms with Crippen LogP contribution < -0.4 is 0 Å². The van der Waals surface area contributed by atoms with Crippen LogP contribution in [0.5, 0.6) is 0 Å². The number of rotatable bonds is 4. The van der Waals surface area contributed by atoms with Gasteiger partial charge in [-0.25, -0.2) is 0 Å². The number of carbonyl (C=O) groups is 1. The molecule has 0 spiro atoms. The predicted molar refractivity (Wildman–Crippen MR) is 96.7 cm³/mol. The summed E-state index contributed by atoms with van der Waals surface area (Å²) < 4.78 is 5.41. The number of amides is 1. The summed E-state index contributed by atoms with van der Waals surface area (Å²) >= 11 is 6.09. The summed E-state index contributed by atoms with van der Waals surface area (Å²) in [6, 6.07) is 5.95. The molecule has 1 unspecified atom stereocenters. The van der Waals surface area contributed by atoms with Gasteiger partial charge in [0.2, 0.25) is 0 Å². The van der Waals surface area contributed by atoms with Crippen LogP contribution in [-0.4, -0.2) is 61.1 Å². The standard InChI is InChI=1S/C19H27ClN2O2/c1-15-14-16(5-6-18(15)20)19(23)22-8-3-2-4-17(22)7-9-21-10-12-24-13-11-21/h5-6,14,17H,2-4,7-13H2,1H3. The molecule has 2 fully saturated rings. The van der Waals surface area contributed by atoms with E-state index >= 15 is 0 Å². The van der Waals surface area contributed by atoms with Crippen LogP contribution in [0.15, 0.2) is 18.2 Å². The van der Waals surface area contributed by atoms with Crippen molar-refractivity contribution in [2.45, 2.75) is 38.6 Å². The number of carbonyl (C=O) groups excluding carboxylic acids is 1. The van der Waals surface area contributed by atoms with Gasteiger partial charge >= 0.3 is 0 Å². The third kappa shape index (κ3) is 4.29. The molecule has 0 aliphatic carbocycles. The third-order valence-corrected chi connectivity index (χ3v) is 5.60. The van der Waals surface area contributed by atoms with Gasteiger partial charge in [-0.05, 0) is 56.4 Å². The Bertz CT molecular complexity index is 572. The van der Waals surface area contributed by atoms with Gasteiger partial charge in [-0.1, -0.05) is 11.6 Å². The number of hydrogen-bond donors (Lipinski definition) is 0. The lowest BCUT2D eigenvalue weighted by molar-refractivity contribution is 0.0295. The molecule has 4 nitrogen and oxygen atoms in total. The van der Waals surface area contributed by atoms with Gasteiger partial charge in [0, 0.05) is 42.8 Å². The van der Waals surface area contributed by atoms with Crippen LogP contribution in [0.1, 0.15) is 41.6 Å². The molecule has 3 rings (SSSR count). The fourth-order valence-electron chi connectivity index (χ4n) is 3.67. The molecule has 0 saturated carbocycles. The summed E-state index contributed by atoms with van der Waals surface area (Å²) in [5.41, 5.74) is 1.72. The molecule has 132 valence electrons. The molecule has 2 aliphatic rings. The fraction of sp³-hybridized carbons (Fsp3) is 0.632. The second kappa shape index (κ2) is 8.32. The Morgan fingerprint density at radius 1 is 1.25 bits per heavy atom. The molecule has 5 heteroatoms. The highest BCUT2D eigenvalue weighted by Crippen LogP contribution is 2.24. The molecular formula is C19H27ClN2O2. The molecule has 1 amide bonds. The summed E-state index contributed by atoms with van der Waals surface area (Å²) in [6.45, 7) is 7.56. The van der Waals surface area contributed by atoms with Crippen molar-refractivity contribution < 1.29 is 9.53 Å². The minimum absolute atomic E-state index is 0.154. The molecule has 1 aromatic carbocycles. The van der Waals surface area contributed by atoms with E-state index in [1.165, 1.54) is 6.42 Å². The topological polar surface area (TPSA) is 32.8 Å². The Kier molecular flexibility index (Phi) is 6.14. The minimum atomic E-state index is 0.154. The van der Waals surface area contributed by atoms with Gasteiger partial charge in [0.25, 0.3) is 5.91 Å². The average molecular weight is 351 g/mol. The van der Waals surface area contributed by atoms with Crippen molar-refractivity contribution in [2.24, 2.45) is 0 Å². The van der Waals surface area contributed by atoms with Crippen molar-refractivity contribution in [3.05, 3.63) is 34.3 Å². The molecule has 0 bridgehead atoms. The molecule has 1 atom stereocenters. The fourth-order valence-corrected chi connectivity index (χ4v) is 3.79. The van der Waals surface area contributed by atoms with Gasteiger partial charge in [-0.2, -0.15) is 0 Å². The highest BCUT2D eigenvalue weighted by molar-refractivity contribution is 6.31. The molecule has 2 heterocycles. The van der Waals surface area contributed by atoms with Gasteiger partial charge in [0.15, 0.2) is 0 Å². The van der Waals surface area contributed by atoms with Crippen molar-refractivity contribution in [3.8, 4) is 0 Å². The summed E-state index contributed by atoms with van der Waals surface area (Å²) in [7, 11) is 0. The maximum absolute atomic E-state index is 13.0. The third-order valence-electron chi connectivity index (χ3n) is 5.18. The van der Waals surface area contributed by atoms with E-state index in [1.54, 1.807) is 0 Å². The first-order chi connectivity index (χ1) is 11.6. The van der Waals surface area contributed by atoms with E-state index in [9.17, 15) is 4.79 Å². The van der Waals surface area contributed by atoms with Crippen LogP contribution in [0.25, 0.3) is 0 Å². The Hall–Kier alpha value is -1.10. The number of hydrogen-bond acceptors (Lipinski definition) is 3. The smallest absolute Gasteiger partial charge is 0.254 e. The summed E-state index contributed by atoms with van der Waals surface area (Å²) in [5.74, 6) is 0.154. The van der Waals surface area contributed by atoms with Crippen LogP contribution in [0.4, 0.5) is 0 Å². The number of nitrogens with zero attached hydrogens (tertiary/aromatic N) is 2. The Morgan fingerprint density at radius 2 is 2.04 bits per heavy atom. The second-order valence-corrected chi connectivity index (χ2v) is 7.26. The first-order valence-corrected chi connectivity index (χ1v) is 9.40. The van der Waals surface area contributed by atoms with Crippen molar-refractivity contribution in [3.63, 3.8) is 0 Å². The lowest BCUT2D eigenvalue weighted by Crippen LogP contribution is -2.46. The summed E-state index contributed by atoms with van der Waals surface area (Å²) in [6.07, 6.45) is 4.49. The monoisotopic (exact) mass is 350 g/mol. The second-order valence-electron chi connectivity index (χ2n) is 6.85. The maximum atomic E-state index is 13.0. The molecular weight excluding hydrogens is 324 g/mol. The number of benzene rings is 1. The number of likely N-dealkylation sites (tertiary alicyclic amines) is 1. The normalized spacial score (nSPS) is 22.6. The maximum Gasteiger partial charge on any atom is 0.254 e. The van der Waals surface area contributed by atoms with E-state index in [1.807, 2.05) is 25.1 Å². The molecule has 1 aromatic rings.